The molecule has 114 valence electrons. The van der Waals surface area contributed by atoms with E-state index < -0.39 is 0 Å². The van der Waals surface area contributed by atoms with Crippen LogP contribution < -0.4 is 0 Å². The van der Waals surface area contributed by atoms with Crippen molar-refractivity contribution in [1.82, 2.24) is 4.98 Å². The molecule has 0 amide bonds. The summed E-state index contributed by atoms with van der Waals surface area (Å²) < 4.78 is 0. The molecule has 0 aliphatic heterocycles. The monoisotopic (exact) mass is 307 g/mol. The third-order valence-electron chi connectivity index (χ3n) is 4.16. The van der Waals surface area contributed by atoms with Gasteiger partial charge < -0.3 is 0 Å². The summed E-state index contributed by atoms with van der Waals surface area (Å²) >= 11 is 0. The third kappa shape index (κ3) is 2.84. The summed E-state index contributed by atoms with van der Waals surface area (Å²) in [5.74, 6) is 0. The molecule has 4 rings (SSSR count). The highest BCUT2D eigenvalue weighted by molar-refractivity contribution is 5.82. The summed E-state index contributed by atoms with van der Waals surface area (Å²) in [4.78, 5) is 4.71. The molecule has 0 aliphatic rings. The van der Waals surface area contributed by atoms with E-state index in [2.05, 4.69) is 72.8 Å². The van der Waals surface area contributed by atoms with E-state index in [1.54, 1.807) is 0 Å². The molecule has 24 heavy (non-hydrogen) atoms. The average molecular weight is 307 g/mol. The van der Waals surface area contributed by atoms with Gasteiger partial charge in [0, 0.05) is 17.3 Å². The van der Waals surface area contributed by atoms with Gasteiger partial charge in [-0.05, 0) is 22.8 Å². The summed E-state index contributed by atoms with van der Waals surface area (Å²) in [5, 5.41) is 0. The van der Waals surface area contributed by atoms with Gasteiger partial charge in [-0.1, -0.05) is 91.0 Å². The molecule has 0 saturated carbocycles. The number of pyridine rings is 1. The average Bonchev–Trinajstić information content (AvgIpc) is 2.69. The first kappa shape index (κ1) is 14.4. The minimum absolute atomic E-state index is 0.995. The molecule has 0 aliphatic carbocycles. The van der Waals surface area contributed by atoms with E-state index in [4.69, 9.17) is 4.98 Å². The molecule has 1 nitrogen and oxygen atoms in total. The van der Waals surface area contributed by atoms with Crippen LogP contribution in [0.15, 0.2) is 103 Å². The molecule has 3 aromatic carbocycles. The van der Waals surface area contributed by atoms with Gasteiger partial charge in [0.25, 0.3) is 0 Å². The predicted molar refractivity (Wildman–Crippen MR) is 101 cm³/mol. The first-order valence-electron chi connectivity index (χ1n) is 8.08. The first-order chi connectivity index (χ1) is 11.9. The van der Waals surface area contributed by atoms with Crippen molar-refractivity contribution in [3.05, 3.63) is 103 Å². The van der Waals surface area contributed by atoms with Crippen molar-refractivity contribution in [2.75, 3.05) is 0 Å². The van der Waals surface area contributed by atoms with Crippen LogP contribution in [0.4, 0.5) is 0 Å². The van der Waals surface area contributed by atoms with Crippen molar-refractivity contribution in [2.24, 2.45) is 0 Å². The minimum Gasteiger partial charge on any atom is -0.256 e. The number of nitrogens with zero attached hydrogens (tertiary/aromatic N) is 1. The predicted octanol–water partition coefficient (Wildman–Crippen LogP) is 6.08. The largest absolute Gasteiger partial charge is 0.256 e. The highest BCUT2D eigenvalue weighted by atomic mass is 14.7. The molecule has 0 radical (unpaired) electrons. The van der Waals surface area contributed by atoms with E-state index in [9.17, 15) is 0 Å². The van der Waals surface area contributed by atoms with Crippen LogP contribution >= 0.6 is 0 Å². The number of aromatic nitrogens is 1. The maximum atomic E-state index is 4.71. The molecule has 4 aromatic rings. The Balaban J connectivity index is 1.75. The van der Waals surface area contributed by atoms with Crippen molar-refractivity contribution >= 4 is 0 Å². The SMILES string of the molecule is c1ccc(-c2ccc(-c3ccccc3-c3ccccc3)nc2)cc1. The van der Waals surface area contributed by atoms with Gasteiger partial charge >= 0.3 is 0 Å². The summed E-state index contributed by atoms with van der Waals surface area (Å²) in [6.07, 6.45) is 1.95. The Hall–Kier alpha value is -3.19. The van der Waals surface area contributed by atoms with Crippen LogP contribution in [-0.4, -0.2) is 4.98 Å². The minimum atomic E-state index is 0.995. The highest BCUT2D eigenvalue weighted by Gasteiger charge is 2.08. The Bertz CT molecular complexity index is 926. The lowest BCUT2D eigenvalue weighted by Crippen LogP contribution is -1.88. The molecule has 1 heterocycles. The van der Waals surface area contributed by atoms with Crippen molar-refractivity contribution in [2.45, 2.75) is 0 Å². The lowest BCUT2D eigenvalue weighted by atomic mass is 9.97. The van der Waals surface area contributed by atoms with Crippen molar-refractivity contribution in [3.63, 3.8) is 0 Å². The maximum Gasteiger partial charge on any atom is 0.0708 e. The molecule has 0 atom stereocenters. The van der Waals surface area contributed by atoms with Crippen molar-refractivity contribution in [1.29, 1.82) is 0 Å². The molecule has 1 aromatic heterocycles. The second-order valence-corrected chi connectivity index (χ2v) is 5.71. The number of rotatable bonds is 3. The molecular formula is C23H17N. The van der Waals surface area contributed by atoms with Gasteiger partial charge in [0.05, 0.1) is 5.69 Å². The highest BCUT2D eigenvalue weighted by Crippen LogP contribution is 2.31. The van der Waals surface area contributed by atoms with E-state index >= 15 is 0 Å². The van der Waals surface area contributed by atoms with E-state index in [0.29, 0.717) is 0 Å². The number of hydrogen-bond donors (Lipinski definition) is 0. The standard InChI is InChI=1S/C23H17N/c1-3-9-18(10-4-1)20-15-16-23(24-17-20)22-14-8-7-13-21(22)19-11-5-2-6-12-19/h1-17H. The quantitative estimate of drug-likeness (QED) is 0.447. The summed E-state index contributed by atoms with van der Waals surface area (Å²) in [6, 6.07) is 33.4. The van der Waals surface area contributed by atoms with Gasteiger partial charge in [-0.15, -0.1) is 0 Å². The Labute approximate surface area is 142 Å². The molecule has 0 saturated heterocycles. The molecule has 0 spiro atoms. The van der Waals surface area contributed by atoms with Gasteiger partial charge in [0.15, 0.2) is 0 Å². The van der Waals surface area contributed by atoms with Gasteiger partial charge in [-0.2, -0.15) is 0 Å². The lowest BCUT2D eigenvalue weighted by molar-refractivity contribution is 1.32. The molecule has 0 bridgehead atoms. The Morgan fingerprint density at radius 3 is 1.62 bits per heavy atom. The third-order valence-corrected chi connectivity index (χ3v) is 4.16. The van der Waals surface area contributed by atoms with E-state index in [0.717, 1.165) is 16.8 Å². The van der Waals surface area contributed by atoms with Gasteiger partial charge in [0.2, 0.25) is 0 Å². The Morgan fingerprint density at radius 2 is 1.00 bits per heavy atom. The van der Waals surface area contributed by atoms with Crippen LogP contribution in [0.25, 0.3) is 33.5 Å². The van der Waals surface area contributed by atoms with Gasteiger partial charge in [-0.25, -0.2) is 0 Å². The smallest absolute Gasteiger partial charge is 0.0708 e. The second kappa shape index (κ2) is 6.51. The first-order valence-corrected chi connectivity index (χ1v) is 8.08. The summed E-state index contributed by atoms with van der Waals surface area (Å²) in [7, 11) is 0. The normalized spacial score (nSPS) is 10.5. The Kier molecular flexibility index (Phi) is 3.91. The van der Waals surface area contributed by atoms with Gasteiger partial charge in [-0.3, -0.25) is 4.98 Å². The molecule has 0 N–H and O–H groups in total. The number of hydrogen-bond acceptors (Lipinski definition) is 1. The zero-order valence-electron chi connectivity index (χ0n) is 13.3. The molecular weight excluding hydrogens is 290 g/mol. The van der Waals surface area contributed by atoms with Crippen LogP contribution in [0, 0.1) is 0 Å². The fourth-order valence-electron chi connectivity index (χ4n) is 2.93. The molecule has 1 heteroatoms. The summed E-state index contributed by atoms with van der Waals surface area (Å²) in [5.41, 5.74) is 6.89. The molecule has 0 fully saturated rings. The molecule has 0 unspecified atom stereocenters. The van der Waals surface area contributed by atoms with Crippen LogP contribution in [0.3, 0.4) is 0 Å². The van der Waals surface area contributed by atoms with Crippen LogP contribution in [-0.2, 0) is 0 Å². The zero-order chi connectivity index (χ0) is 16.2. The van der Waals surface area contributed by atoms with E-state index in [1.807, 2.05) is 30.5 Å². The van der Waals surface area contributed by atoms with Crippen LogP contribution in [0.5, 0.6) is 0 Å². The Morgan fingerprint density at radius 1 is 0.417 bits per heavy atom. The van der Waals surface area contributed by atoms with E-state index in [-0.39, 0.29) is 0 Å². The fourth-order valence-corrected chi connectivity index (χ4v) is 2.93. The summed E-state index contributed by atoms with van der Waals surface area (Å²) in [6.45, 7) is 0. The zero-order valence-corrected chi connectivity index (χ0v) is 13.3. The van der Waals surface area contributed by atoms with Crippen LogP contribution in [0.1, 0.15) is 0 Å². The van der Waals surface area contributed by atoms with Crippen molar-refractivity contribution < 1.29 is 0 Å². The van der Waals surface area contributed by atoms with E-state index in [1.165, 1.54) is 16.7 Å². The van der Waals surface area contributed by atoms with Gasteiger partial charge in [0.1, 0.15) is 0 Å². The second-order valence-electron chi connectivity index (χ2n) is 5.71. The topological polar surface area (TPSA) is 12.9 Å². The van der Waals surface area contributed by atoms with Crippen LogP contribution in [0.2, 0.25) is 0 Å². The van der Waals surface area contributed by atoms with Crippen molar-refractivity contribution in [3.8, 4) is 33.5 Å². The maximum absolute atomic E-state index is 4.71. The number of benzene rings is 3. The fraction of sp³-hybridized carbons (Fsp3) is 0. The lowest BCUT2D eigenvalue weighted by Gasteiger charge is -2.10.